The Morgan fingerprint density at radius 1 is 1.08 bits per heavy atom. The zero-order valence-corrected chi connectivity index (χ0v) is 15.8. The van der Waals surface area contributed by atoms with E-state index in [1.54, 1.807) is 0 Å². The number of carbonyl (C=O) groups excluding carboxylic acids is 1. The van der Waals surface area contributed by atoms with Gasteiger partial charge in [0.05, 0.1) is 5.69 Å². The fourth-order valence-electron chi connectivity index (χ4n) is 2.53. The fraction of sp³-hybridized carbons (Fsp3) is 0.238. The van der Waals surface area contributed by atoms with Crippen molar-refractivity contribution in [2.75, 3.05) is 11.9 Å². The molecule has 0 atom stereocenters. The molecule has 1 heterocycles. The Kier molecular flexibility index (Phi) is 6.02. The smallest absolute Gasteiger partial charge is 0.264 e. The number of carbonyl (C=O) groups is 1. The predicted octanol–water partition coefficient (Wildman–Crippen LogP) is 4.95. The van der Waals surface area contributed by atoms with E-state index in [-0.39, 0.29) is 12.5 Å². The number of nitrogens with zero attached hydrogens (tertiary/aromatic N) is 1. The Labute approximate surface area is 157 Å². The van der Waals surface area contributed by atoms with Crippen molar-refractivity contribution in [2.45, 2.75) is 26.7 Å². The number of nitrogens with one attached hydrogen (secondary N) is 1. The van der Waals surface area contributed by atoms with Crippen LogP contribution in [0.15, 0.2) is 53.9 Å². The van der Waals surface area contributed by atoms with Crippen LogP contribution in [-0.2, 0) is 17.6 Å². The third-order valence-corrected chi connectivity index (χ3v) is 4.84. The molecule has 1 aromatic heterocycles. The van der Waals surface area contributed by atoms with Crippen LogP contribution in [0.25, 0.3) is 11.3 Å². The van der Waals surface area contributed by atoms with Gasteiger partial charge in [0, 0.05) is 10.9 Å². The molecule has 0 bridgehead atoms. The van der Waals surface area contributed by atoms with E-state index >= 15 is 0 Å². The normalized spacial score (nSPS) is 10.5. The molecule has 1 amide bonds. The Hall–Kier alpha value is -2.66. The fourth-order valence-corrected chi connectivity index (χ4v) is 3.27. The van der Waals surface area contributed by atoms with E-state index in [1.807, 2.05) is 29.6 Å². The minimum absolute atomic E-state index is 0.0344. The molecule has 0 fully saturated rings. The highest BCUT2D eigenvalue weighted by atomic mass is 32.1. The van der Waals surface area contributed by atoms with Crippen LogP contribution in [0.2, 0.25) is 0 Å². The first-order valence-corrected chi connectivity index (χ1v) is 9.62. The van der Waals surface area contributed by atoms with Crippen LogP contribution in [0.3, 0.4) is 0 Å². The largest absolute Gasteiger partial charge is 0.484 e. The minimum atomic E-state index is -0.214. The third-order valence-electron chi connectivity index (χ3n) is 4.09. The van der Waals surface area contributed by atoms with Crippen LogP contribution < -0.4 is 10.1 Å². The lowest BCUT2D eigenvalue weighted by atomic mass is 10.1. The molecule has 4 nitrogen and oxygen atoms in total. The molecule has 26 heavy (non-hydrogen) atoms. The van der Waals surface area contributed by atoms with Crippen molar-refractivity contribution in [2.24, 2.45) is 0 Å². The monoisotopic (exact) mass is 366 g/mol. The minimum Gasteiger partial charge on any atom is -0.484 e. The number of benzene rings is 2. The lowest BCUT2D eigenvalue weighted by molar-refractivity contribution is -0.118. The summed E-state index contributed by atoms with van der Waals surface area (Å²) in [6.07, 6.45) is 1.95. The van der Waals surface area contributed by atoms with Crippen LogP contribution in [0, 0.1) is 0 Å². The van der Waals surface area contributed by atoms with Gasteiger partial charge in [-0.15, -0.1) is 11.3 Å². The number of hydrogen-bond donors (Lipinski definition) is 1. The van der Waals surface area contributed by atoms with Crippen LogP contribution in [-0.4, -0.2) is 17.5 Å². The zero-order chi connectivity index (χ0) is 18.4. The van der Waals surface area contributed by atoms with Crippen molar-refractivity contribution in [1.29, 1.82) is 0 Å². The summed E-state index contributed by atoms with van der Waals surface area (Å²) in [5.41, 5.74) is 4.39. The molecular formula is C21H22N2O2S. The molecule has 1 N–H and O–H groups in total. The van der Waals surface area contributed by atoms with Gasteiger partial charge in [0.25, 0.3) is 5.91 Å². The van der Waals surface area contributed by atoms with E-state index in [0.29, 0.717) is 10.9 Å². The molecule has 2 aromatic carbocycles. The maximum absolute atomic E-state index is 12.1. The molecule has 0 spiro atoms. The van der Waals surface area contributed by atoms with Gasteiger partial charge in [-0.3, -0.25) is 10.1 Å². The molecule has 0 aliphatic carbocycles. The van der Waals surface area contributed by atoms with E-state index in [0.717, 1.165) is 24.1 Å². The quantitative estimate of drug-likeness (QED) is 0.643. The van der Waals surface area contributed by atoms with Crippen LogP contribution in [0.5, 0.6) is 5.75 Å². The van der Waals surface area contributed by atoms with Crippen LogP contribution >= 0.6 is 11.3 Å². The molecule has 3 aromatic rings. The van der Waals surface area contributed by atoms with Gasteiger partial charge in [0.15, 0.2) is 11.7 Å². The lowest BCUT2D eigenvalue weighted by Gasteiger charge is -2.07. The Balaban J connectivity index is 1.56. The number of amides is 1. The molecule has 3 rings (SSSR count). The second-order valence-electron chi connectivity index (χ2n) is 5.93. The van der Waals surface area contributed by atoms with E-state index in [2.05, 4.69) is 48.4 Å². The van der Waals surface area contributed by atoms with Crippen molar-refractivity contribution >= 4 is 22.4 Å². The Morgan fingerprint density at radius 2 is 1.85 bits per heavy atom. The van der Waals surface area contributed by atoms with Gasteiger partial charge in [-0.05, 0) is 36.1 Å². The van der Waals surface area contributed by atoms with Crippen LogP contribution in [0.4, 0.5) is 5.13 Å². The molecule has 0 saturated heterocycles. The maximum atomic E-state index is 12.1. The molecular weight excluding hydrogens is 344 g/mol. The summed E-state index contributed by atoms with van der Waals surface area (Å²) in [4.78, 5) is 16.6. The van der Waals surface area contributed by atoms with E-state index < -0.39 is 0 Å². The molecule has 0 radical (unpaired) electrons. The lowest BCUT2D eigenvalue weighted by Crippen LogP contribution is -2.20. The number of thiazole rings is 1. The van der Waals surface area contributed by atoms with Gasteiger partial charge in [-0.2, -0.15) is 0 Å². The number of rotatable bonds is 7. The van der Waals surface area contributed by atoms with Gasteiger partial charge in [-0.25, -0.2) is 4.98 Å². The molecule has 134 valence electrons. The number of ether oxygens (including phenoxy) is 1. The summed E-state index contributed by atoms with van der Waals surface area (Å²) in [6.45, 7) is 4.18. The molecule has 0 aliphatic heterocycles. The summed E-state index contributed by atoms with van der Waals surface area (Å²) in [6, 6.07) is 16.1. The van der Waals surface area contributed by atoms with E-state index in [4.69, 9.17) is 4.74 Å². The van der Waals surface area contributed by atoms with Gasteiger partial charge in [-0.1, -0.05) is 50.2 Å². The van der Waals surface area contributed by atoms with Gasteiger partial charge in [0.2, 0.25) is 0 Å². The number of aromatic nitrogens is 1. The first-order chi connectivity index (χ1) is 12.7. The topological polar surface area (TPSA) is 51.2 Å². The van der Waals surface area contributed by atoms with Crippen molar-refractivity contribution < 1.29 is 9.53 Å². The SMILES string of the molecule is CCc1ccc(-c2csc(NC(=O)COc3cccc(CC)c3)n2)cc1. The Bertz CT molecular complexity index is 872. The third kappa shape index (κ3) is 4.70. The zero-order valence-electron chi connectivity index (χ0n) is 15.0. The summed E-state index contributed by atoms with van der Waals surface area (Å²) >= 11 is 1.41. The summed E-state index contributed by atoms with van der Waals surface area (Å²) < 4.78 is 5.56. The molecule has 0 unspecified atom stereocenters. The molecule has 5 heteroatoms. The van der Waals surface area contributed by atoms with Crippen molar-refractivity contribution in [3.63, 3.8) is 0 Å². The van der Waals surface area contributed by atoms with E-state index in [9.17, 15) is 4.79 Å². The highest BCUT2D eigenvalue weighted by Crippen LogP contribution is 2.25. The summed E-state index contributed by atoms with van der Waals surface area (Å²) in [5.74, 6) is 0.490. The van der Waals surface area contributed by atoms with Crippen LogP contribution in [0.1, 0.15) is 25.0 Å². The standard InChI is InChI=1S/C21H22N2O2S/c1-3-15-8-10-17(11-9-15)19-14-26-21(22-19)23-20(24)13-25-18-7-5-6-16(4-2)12-18/h5-12,14H,3-4,13H2,1-2H3,(H,22,23,24). The number of hydrogen-bond acceptors (Lipinski definition) is 4. The highest BCUT2D eigenvalue weighted by Gasteiger charge is 2.09. The van der Waals surface area contributed by atoms with E-state index in [1.165, 1.54) is 22.5 Å². The van der Waals surface area contributed by atoms with Gasteiger partial charge in [0.1, 0.15) is 5.75 Å². The molecule has 0 aliphatic rings. The predicted molar refractivity (Wildman–Crippen MR) is 107 cm³/mol. The first-order valence-electron chi connectivity index (χ1n) is 8.74. The van der Waals surface area contributed by atoms with Gasteiger partial charge < -0.3 is 4.74 Å². The number of anilines is 1. The summed E-state index contributed by atoms with van der Waals surface area (Å²) in [5, 5.41) is 5.32. The van der Waals surface area contributed by atoms with Crippen molar-refractivity contribution in [3.8, 4) is 17.0 Å². The maximum Gasteiger partial charge on any atom is 0.264 e. The number of aryl methyl sites for hydroxylation is 2. The highest BCUT2D eigenvalue weighted by molar-refractivity contribution is 7.14. The average molecular weight is 366 g/mol. The van der Waals surface area contributed by atoms with Crippen molar-refractivity contribution in [1.82, 2.24) is 4.98 Å². The average Bonchev–Trinajstić information content (AvgIpc) is 3.15. The first kappa shape index (κ1) is 18.1. The Morgan fingerprint density at radius 3 is 2.58 bits per heavy atom. The second kappa shape index (κ2) is 8.63. The second-order valence-corrected chi connectivity index (χ2v) is 6.78. The summed E-state index contributed by atoms with van der Waals surface area (Å²) in [7, 11) is 0. The molecule has 0 saturated carbocycles. The van der Waals surface area contributed by atoms with Gasteiger partial charge >= 0.3 is 0 Å². The van der Waals surface area contributed by atoms with Crippen molar-refractivity contribution in [3.05, 3.63) is 65.0 Å².